The quantitative estimate of drug-likeness (QED) is 0.629. The first-order chi connectivity index (χ1) is 5.79. The topological polar surface area (TPSA) is 83.1 Å². The lowest BCUT2D eigenvalue weighted by Crippen LogP contribution is -1.84. The van der Waals surface area contributed by atoms with Gasteiger partial charge in [-0.1, -0.05) is 0 Å². The van der Waals surface area contributed by atoms with E-state index < -0.39 is 5.82 Å². The number of H-pyrrole nitrogens is 2. The molecule has 0 saturated heterocycles. The van der Waals surface area contributed by atoms with Gasteiger partial charge in [0, 0.05) is 0 Å². The van der Waals surface area contributed by atoms with Crippen molar-refractivity contribution in [3.05, 3.63) is 11.5 Å². The van der Waals surface area contributed by atoms with Crippen LogP contribution in [0.2, 0.25) is 0 Å². The van der Waals surface area contributed by atoms with Crippen LogP contribution in [0.5, 0.6) is 0 Å². The van der Waals surface area contributed by atoms with Gasteiger partial charge >= 0.3 is 0 Å². The molecule has 0 aliphatic carbocycles. The highest BCUT2D eigenvalue weighted by Gasteiger charge is 2.14. The van der Waals surface area contributed by atoms with Crippen LogP contribution in [0.3, 0.4) is 0 Å². The molecular weight excluding hydrogens is 163 g/mol. The molecule has 2 rings (SSSR count). The van der Waals surface area contributed by atoms with Crippen LogP contribution in [-0.4, -0.2) is 30.8 Å². The second kappa shape index (κ2) is 2.36. The van der Waals surface area contributed by atoms with E-state index in [1.807, 2.05) is 0 Å². The van der Waals surface area contributed by atoms with E-state index in [9.17, 15) is 4.39 Å². The Morgan fingerprint density at radius 2 is 2.17 bits per heavy atom. The summed E-state index contributed by atoms with van der Waals surface area (Å²) in [7, 11) is 0. The number of nitrogens with zero attached hydrogens (tertiary/aromatic N) is 4. The van der Waals surface area contributed by atoms with Gasteiger partial charge in [-0.3, -0.25) is 5.10 Å². The third-order valence-electron chi connectivity index (χ3n) is 1.43. The van der Waals surface area contributed by atoms with Gasteiger partial charge in [0.25, 0.3) is 0 Å². The van der Waals surface area contributed by atoms with Gasteiger partial charge in [-0.2, -0.15) is 10.3 Å². The maximum absolute atomic E-state index is 13.1. The standard InChI is InChI=1S/C5H5FN6/c1-2-3(6)4(8-7-2)5-9-11-12-10-5/h1H3,(H,7,8)(H,9,10,11,12). The molecule has 0 aromatic carbocycles. The minimum Gasteiger partial charge on any atom is -0.279 e. The number of aromatic amines is 2. The van der Waals surface area contributed by atoms with Crippen LogP contribution in [0, 0.1) is 12.7 Å². The zero-order valence-electron chi connectivity index (χ0n) is 6.17. The molecule has 0 fully saturated rings. The van der Waals surface area contributed by atoms with E-state index in [-0.39, 0.29) is 11.5 Å². The third-order valence-corrected chi connectivity index (χ3v) is 1.43. The van der Waals surface area contributed by atoms with Gasteiger partial charge in [-0.05, 0) is 12.1 Å². The average Bonchev–Trinajstić information content (AvgIpc) is 2.64. The highest BCUT2D eigenvalue weighted by molar-refractivity contribution is 5.48. The van der Waals surface area contributed by atoms with Crippen molar-refractivity contribution < 1.29 is 4.39 Å². The van der Waals surface area contributed by atoms with Crippen molar-refractivity contribution in [2.45, 2.75) is 6.92 Å². The van der Waals surface area contributed by atoms with Crippen LogP contribution >= 0.6 is 0 Å². The molecule has 12 heavy (non-hydrogen) atoms. The molecule has 0 amide bonds. The molecule has 0 atom stereocenters. The zero-order chi connectivity index (χ0) is 8.55. The van der Waals surface area contributed by atoms with Crippen LogP contribution in [-0.2, 0) is 0 Å². The fourth-order valence-corrected chi connectivity index (χ4v) is 0.826. The van der Waals surface area contributed by atoms with E-state index in [0.717, 1.165) is 0 Å². The minimum absolute atomic E-state index is 0.0845. The van der Waals surface area contributed by atoms with Crippen LogP contribution in [0.25, 0.3) is 11.5 Å². The maximum atomic E-state index is 13.1. The monoisotopic (exact) mass is 168 g/mol. The van der Waals surface area contributed by atoms with E-state index in [4.69, 9.17) is 0 Å². The van der Waals surface area contributed by atoms with Gasteiger partial charge < -0.3 is 0 Å². The van der Waals surface area contributed by atoms with Crippen LogP contribution in [0.4, 0.5) is 4.39 Å². The van der Waals surface area contributed by atoms with E-state index in [0.29, 0.717) is 5.69 Å². The number of halogens is 1. The van der Waals surface area contributed by atoms with Crippen molar-refractivity contribution in [1.82, 2.24) is 30.8 Å². The number of rotatable bonds is 1. The largest absolute Gasteiger partial charge is 0.279 e. The summed E-state index contributed by atoms with van der Waals surface area (Å²) in [6.45, 7) is 1.58. The molecule has 0 bridgehead atoms. The molecule has 0 spiro atoms. The Balaban J connectivity index is 2.55. The molecule has 2 aromatic rings. The predicted octanol–water partition coefficient (Wildman–Crippen LogP) is 0.0373. The molecular formula is C5H5FN6. The normalized spacial score (nSPS) is 10.5. The van der Waals surface area contributed by atoms with Gasteiger partial charge in [-0.25, -0.2) is 4.39 Å². The van der Waals surface area contributed by atoms with Crippen LogP contribution in [0.1, 0.15) is 5.69 Å². The number of aryl methyl sites for hydroxylation is 1. The van der Waals surface area contributed by atoms with Crippen molar-refractivity contribution in [3.63, 3.8) is 0 Å². The zero-order valence-corrected chi connectivity index (χ0v) is 6.17. The molecule has 2 N–H and O–H groups in total. The summed E-state index contributed by atoms with van der Waals surface area (Å²) in [6, 6.07) is 0. The van der Waals surface area contributed by atoms with E-state index in [1.165, 1.54) is 0 Å². The number of tetrazole rings is 1. The first kappa shape index (κ1) is 6.89. The lowest BCUT2D eigenvalue weighted by Gasteiger charge is -1.84. The molecule has 0 unspecified atom stereocenters. The lowest BCUT2D eigenvalue weighted by molar-refractivity contribution is 0.621. The van der Waals surface area contributed by atoms with Gasteiger partial charge in [0.05, 0.1) is 5.69 Å². The molecule has 2 aromatic heterocycles. The first-order valence-corrected chi connectivity index (χ1v) is 3.23. The molecule has 0 aliphatic rings. The molecule has 0 saturated carbocycles. The molecule has 2 heterocycles. The minimum atomic E-state index is -0.448. The number of hydrogen-bond donors (Lipinski definition) is 2. The Morgan fingerprint density at radius 3 is 2.67 bits per heavy atom. The van der Waals surface area contributed by atoms with E-state index in [1.54, 1.807) is 6.92 Å². The highest BCUT2D eigenvalue weighted by atomic mass is 19.1. The maximum Gasteiger partial charge on any atom is 0.227 e. The van der Waals surface area contributed by atoms with Gasteiger partial charge in [0.1, 0.15) is 0 Å². The predicted molar refractivity (Wildman–Crippen MR) is 36.5 cm³/mol. The van der Waals surface area contributed by atoms with Gasteiger partial charge in [0.15, 0.2) is 11.5 Å². The molecule has 0 radical (unpaired) electrons. The van der Waals surface area contributed by atoms with Crippen molar-refractivity contribution in [1.29, 1.82) is 0 Å². The first-order valence-electron chi connectivity index (χ1n) is 3.23. The smallest absolute Gasteiger partial charge is 0.227 e. The summed E-state index contributed by atoms with van der Waals surface area (Å²) < 4.78 is 13.1. The second-order valence-corrected chi connectivity index (χ2v) is 2.25. The summed E-state index contributed by atoms with van der Waals surface area (Å²) in [5, 5.41) is 18.8. The molecule has 62 valence electrons. The number of aromatic nitrogens is 6. The third kappa shape index (κ3) is 0.865. The molecule has 6 nitrogen and oxygen atoms in total. The summed E-state index contributed by atoms with van der Waals surface area (Å²) in [5.74, 6) is -0.298. The van der Waals surface area contributed by atoms with Gasteiger partial charge in [-0.15, -0.1) is 10.2 Å². The SMILES string of the molecule is Cc1[nH]nc(-c2nn[nH]n2)c1F. The van der Waals surface area contributed by atoms with Crippen LogP contribution in [0.15, 0.2) is 0 Å². The Morgan fingerprint density at radius 1 is 1.33 bits per heavy atom. The van der Waals surface area contributed by atoms with E-state index in [2.05, 4.69) is 30.8 Å². The van der Waals surface area contributed by atoms with Gasteiger partial charge in [0.2, 0.25) is 5.82 Å². The fourth-order valence-electron chi connectivity index (χ4n) is 0.826. The number of nitrogens with one attached hydrogen (secondary N) is 2. The summed E-state index contributed by atoms with van der Waals surface area (Å²) in [6.07, 6.45) is 0. The summed E-state index contributed by atoms with van der Waals surface area (Å²) >= 11 is 0. The van der Waals surface area contributed by atoms with Crippen molar-refractivity contribution in [2.75, 3.05) is 0 Å². The summed E-state index contributed by atoms with van der Waals surface area (Å²) in [5.41, 5.74) is 0.441. The molecule has 0 aliphatic heterocycles. The Hall–Kier alpha value is -1.79. The summed E-state index contributed by atoms with van der Waals surface area (Å²) in [4.78, 5) is 0. The fraction of sp³-hybridized carbons (Fsp3) is 0.200. The average molecular weight is 168 g/mol. The molecule has 7 heteroatoms. The highest BCUT2D eigenvalue weighted by Crippen LogP contribution is 2.16. The Kier molecular flexibility index (Phi) is 1.36. The second-order valence-electron chi connectivity index (χ2n) is 2.25. The van der Waals surface area contributed by atoms with Crippen LogP contribution < -0.4 is 0 Å². The van der Waals surface area contributed by atoms with E-state index >= 15 is 0 Å². The Labute approximate surface area is 66.2 Å². The van der Waals surface area contributed by atoms with Crippen molar-refractivity contribution >= 4 is 0 Å². The Bertz CT molecular complexity index is 377. The van der Waals surface area contributed by atoms with Crippen molar-refractivity contribution in [3.8, 4) is 11.5 Å². The number of hydrogen-bond acceptors (Lipinski definition) is 4. The lowest BCUT2D eigenvalue weighted by atomic mass is 10.3. The van der Waals surface area contributed by atoms with Crippen molar-refractivity contribution in [2.24, 2.45) is 0 Å².